The van der Waals surface area contributed by atoms with E-state index >= 15 is 0 Å². The zero-order valence-corrected chi connectivity index (χ0v) is 21.0. The third-order valence-corrected chi connectivity index (χ3v) is 6.47. The second kappa shape index (κ2) is 11.6. The fraction of sp³-hybridized carbons (Fsp3) is 0.346. The molecule has 38 heavy (non-hydrogen) atoms. The molecule has 0 unspecified atom stereocenters. The van der Waals surface area contributed by atoms with E-state index in [4.69, 9.17) is 10.5 Å². The first kappa shape index (κ1) is 28.0. The van der Waals surface area contributed by atoms with Gasteiger partial charge in [-0.2, -0.15) is 0 Å². The third kappa shape index (κ3) is 6.20. The number of primary amides is 1. The topological polar surface area (TPSA) is 180 Å². The van der Waals surface area contributed by atoms with Gasteiger partial charge >= 0.3 is 12.1 Å². The van der Waals surface area contributed by atoms with Crippen molar-refractivity contribution in [1.82, 2.24) is 15.1 Å². The highest BCUT2D eigenvalue weighted by atomic mass is 16.6. The van der Waals surface area contributed by atoms with Crippen LogP contribution in [0.25, 0.3) is 0 Å². The molecule has 1 saturated heterocycles. The number of aliphatic carboxylic acids is 1. The highest BCUT2D eigenvalue weighted by Gasteiger charge is 2.58. The van der Waals surface area contributed by atoms with Crippen LogP contribution in [-0.4, -0.2) is 81.7 Å². The molecular formula is C26H30N4O8. The Morgan fingerprint density at radius 1 is 1.08 bits per heavy atom. The molecule has 3 rings (SSSR count). The fourth-order valence-electron chi connectivity index (χ4n) is 4.18. The Hall–Kier alpha value is -4.61. The third-order valence-electron chi connectivity index (χ3n) is 6.47. The molecule has 0 saturated carbocycles. The van der Waals surface area contributed by atoms with Crippen LogP contribution in [0.2, 0.25) is 0 Å². The summed E-state index contributed by atoms with van der Waals surface area (Å²) < 4.78 is 5.26. The molecule has 1 aliphatic heterocycles. The van der Waals surface area contributed by atoms with Gasteiger partial charge in [-0.25, -0.2) is 4.79 Å². The summed E-state index contributed by atoms with van der Waals surface area (Å²) in [5.41, 5.74) is 5.08. The lowest BCUT2D eigenvalue weighted by Crippen LogP contribution is -2.73. The number of ether oxygens (including phenoxy) is 1. The predicted molar refractivity (Wildman–Crippen MR) is 133 cm³/mol. The summed E-state index contributed by atoms with van der Waals surface area (Å²) in [5, 5.41) is 21.3. The van der Waals surface area contributed by atoms with Crippen LogP contribution in [0.1, 0.15) is 24.0 Å². The molecule has 12 nitrogen and oxygen atoms in total. The Labute approximate surface area is 219 Å². The molecule has 0 spiro atoms. The Bertz CT molecular complexity index is 1200. The van der Waals surface area contributed by atoms with Gasteiger partial charge in [-0.05, 0) is 29.7 Å². The molecule has 202 valence electrons. The number of carbonyl (C=O) groups is 5. The number of hydrogen-bond donors (Lipinski definition) is 4. The number of aromatic hydroxyl groups is 1. The molecule has 2 aromatic carbocycles. The molecule has 1 heterocycles. The van der Waals surface area contributed by atoms with Crippen molar-refractivity contribution in [2.45, 2.75) is 43.5 Å². The average molecular weight is 527 g/mol. The van der Waals surface area contributed by atoms with Gasteiger partial charge in [0, 0.05) is 33.4 Å². The van der Waals surface area contributed by atoms with E-state index in [0.717, 1.165) is 15.4 Å². The molecule has 1 aliphatic rings. The molecule has 1 fully saturated rings. The minimum Gasteiger partial charge on any atom is -0.508 e. The van der Waals surface area contributed by atoms with Crippen LogP contribution in [0.4, 0.5) is 4.79 Å². The molecule has 4 amide bonds. The van der Waals surface area contributed by atoms with Crippen LogP contribution in [0.15, 0.2) is 54.6 Å². The molecule has 12 heteroatoms. The van der Waals surface area contributed by atoms with Gasteiger partial charge in [0.25, 0.3) is 11.6 Å². The Kier molecular flexibility index (Phi) is 8.56. The average Bonchev–Trinajstić information content (AvgIpc) is 2.89. The van der Waals surface area contributed by atoms with E-state index in [1.165, 1.54) is 26.2 Å². The highest BCUT2D eigenvalue weighted by Crippen LogP contribution is 2.33. The predicted octanol–water partition coefficient (Wildman–Crippen LogP) is 0.618. The summed E-state index contributed by atoms with van der Waals surface area (Å²) in [6.45, 7) is 0. The summed E-state index contributed by atoms with van der Waals surface area (Å²) in [6.07, 6.45) is -1.49. The number of nitrogens with zero attached hydrogens (tertiary/aromatic N) is 2. The first-order valence-electron chi connectivity index (χ1n) is 11.8. The van der Waals surface area contributed by atoms with Crippen molar-refractivity contribution >= 4 is 29.8 Å². The lowest BCUT2D eigenvalue weighted by atomic mass is 9.96. The maximum Gasteiger partial charge on any atom is 0.415 e. The largest absolute Gasteiger partial charge is 0.508 e. The molecular weight excluding hydrogens is 496 g/mol. The maximum atomic E-state index is 13.5. The number of rotatable bonds is 12. The molecule has 0 bridgehead atoms. The van der Waals surface area contributed by atoms with E-state index in [-0.39, 0.29) is 25.0 Å². The van der Waals surface area contributed by atoms with Crippen molar-refractivity contribution in [2.24, 2.45) is 5.73 Å². The van der Waals surface area contributed by atoms with E-state index in [1.807, 2.05) is 0 Å². The Morgan fingerprint density at radius 2 is 1.71 bits per heavy atom. The lowest BCUT2D eigenvalue weighted by Gasteiger charge is -2.47. The van der Waals surface area contributed by atoms with E-state index in [9.17, 15) is 34.2 Å². The van der Waals surface area contributed by atoms with Gasteiger partial charge in [0.1, 0.15) is 17.8 Å². The molecule has 3 atom stereocenters. The minimum atomic E-state index is -1.80. The van der Waals surface area contributed by atoms with E-state index in [0.29, 0.717) is 5.56 Å². The summed E-state index contributed by atoms with van der Waals surface area (Å²) in [5.74, 6) is -3.53. The molecule has 5 N–H and O–H groups in total. The van der Waals surface area contributed by atoms with Gasteiger partial charge in [0.15, 0.2) is 0 Å². The van der Waals surface area contributed by atoms with Crippen molar-refractivity contribution in [3.05, 3.63) is 65.7 Å². The molecule has 0 aliphatic carbocycles. The second-order valence-electron chi connectivity index (χ2n) is 9.07. The standard InChI is InChI=1S/C26H30N4O8/c1-29(20(22(27)34)14-16-6-4-3-5-7-16)23(35)19(12-13-21(32)33)28-24(36)26(30(2)25(37)38-26)15-17-8-10-18(31)11-9-17/h3-11,19-20,31H,12-15H2,1-2H3,(H2,27,34)(H,28,36)(H,32,33)/t19-,20-,26+/m0/s1. The number of carboxylic acid groups (broad SMARTS) is 1. The van der Waals surface area contributed by atoms with Crippen molar-refractivity contribution < 1.29 is 38.9 Å². The number of cyclic esters (lactones) is 1. The summed E-state index contributed by atoms with van der Waals surface area (Å²) in [7, 11) is 2.71. The van der Waals surface area contributed by atoms with Gasteiger partial charge in [-0.3, -0.25) is 24.1 Å². The van der Waals surface area contributed by atoms with Crippen molar-refractivity contribution in [3.63, 3.8) is 0 Å². The van der Waals surface area contributed by atoms with Crippen molar-refractivity contribution in [1.29, 1.82) is 0 Å². The number of carbonyl (C=O) groups excluding carboxylic acids is 4. The number of hydrogen-bond acceptors (Lipinski definition) is 7. The van der Waals surface area contributed by atoms with Crippen LogP contribution in [0, 0.1) is 0 Å². The SMILES string of the molecule is CN(C(=O)[C@H](CCC(=O)O)NC(=O)[C@@]1(Cc2ccc(O)cc2)OC(=O)N1C)[C@@H](Cc1ccccc1)C(N)=O. The smallest absolute Gasteiger partial charge is 0.415 e. The van der Waals surface area contributed by atoms with Crippen LogP contribution >= 0.6 is 0 Å². The van der Waals surface area contributed by atoms with E-state index in [1.54, 1.807) is 42.5 Å². The minimum absolute atomic E-state index is 0.00749. The number of benzene rings is 2. The number of amides is 4. The number of nitrogens with one attached hydrogen (secondary N) is 1. The van der Waals surface area contributed by atoms with Crippen LogP contribution in [0.3, 0.4) is 0 Å². The Balaban J connectivity index is 1.84. The van der Waals surface area contributed by atoms with Gasteiger partial charge in [-0.15, -0.1) is 0 Å². The fourth-order valence-corrected chi connectivity index (χ4v) is 4.18. The van der Waals surface area contributed by atoms with Crippen LogP contribution in [0.5, 0.6) is 5.75 Å². The second-order valence-corrected chi connectivity index (χ2v) is 9.07. The first-order chi connectivity index (χ1) is 17.9. The molecule has 0 aromatic heterocycles. The van der Waals surface area contributed by atoms with Gasteiger partial charge in [0.2, 0.25) is 11.8 Å². The van der Waals surface area contributed by atoms with E-state index < -0.39 is 54.0 Å². The van der Waals surface area contributed by atoms with E-state index in [2.05, 4.69) is 5.32 Å². The first-order valence-corrected chi connectivity index (χ1v) is 11.8. The monoisotopic (exact) mass is 526 g/mol. The zero-order valence-electron chi connectivity index (χ0n) is 21.0. The Morgan fingerprint density at radius 3 is 2.24 bits per heavy atom. The number of nitrogens with two attached hydrogens (primary N) is 1. The summed E-state index contributed by atoms with van der Waals surface area (Å²) in [4.78, 5) is 64.6. The number of phenols is 1. The van der Waals surface area contributed by atoms with Gasteiger partial charge in [0.05, 0.1) is 0 Å². The normalized spacial score (nSPS) is 17.9. The number of carboxylic acids is 1. The summed E-state index contributed by atoms with van der Waals surface area (Å²) >= 11 is 0. The van der Waals surface area contributed by atoms with Crippen LogP contribution < -0.4 is 11.1 Å². The summed E-state index contributed by atoms with van der Waals surface area (Å²) in [6, 6.07) is 12.4. The number of phenolic OH excluding ortho intramolecular Hbond substituents is 1. The maximum absolute atomic E-state index is 13.5. The number of likely N-dealkylation sites (N-methyl/N-ethyl adjacent to an activating group) is 2. The van der Waals surface area contributed by atoms with Gasteiger partial charge in [-0.1, -0.05) is 42.5 Å². The molecule has 2 aromatic rings. The van der Waals surface area contributed by atoms with Crippen molar-refractivity contribution in [3.8, 4) is 5.75 Å². The van der Waals surface area contributed by atoms with Gasteiger partial charge < -0.3 is 30.9 Å². The van der Waals surface area contributed by atoms with Crippen molar-refractivity contribution in [2.75, 3.05) is 14.1 Å². The quantitative estimate of drug-likeness (QED) is 0.311. The highest BCUT2D eigenvalue weighted by molar-refractivity contribution is 5.98. The zero-order chi connectivity index (χ0) is 28.0. The molecule has 0 radical (unpaired) electrons. The lowest BCUT2D eigenvalue weighted by molar-refractivity contribution is -0.191. The van der Waals surface area contributed by atoms with Crippen LogP contribution in [-0.2, 0) is 36.8 Å².